The van der Waals surface area contributed by atoms with E-state index in [0.29, 0.717) is 34.1 Å². The van der Waals surface area contributed by atoms with Crippen LogP contribution in [0.2, 0.25) is 0 Å². The minimum absolute atomic E-state index is 0.387. The average Bonchev–Trinajstić information content (AvgIpc) is 2.75. The lowest BCUT2D eigenvalue weighted by Crippen LogP contribution is -1.95. The molecule has 3 aromatic carbocycles. The summed E-state index contributed by atoms with van der Waals surface area (Å²) in [5, 5.41) is 0. The number of benzene rings is 3. The van der Waals surface area contributed by atoms with Crippen molar-refractivity contribution in [3.8, 4) is 47.7 Å². The maximum absolute atomic E-state index is 11.5. The standard InChI is InChI=1S/C24H14O4/c1-3-21(25)17-9-13-19(14-10-17)27-23-7-5-6-8-24(23)28-20-15-11-18(12-16-20)22(26)4-2/h1-2,5-16H. The number of Topliss-reactive ketones (excluding diaryl/α,β-unsaturated/α-hetero) is 2. The number of terminal acetylenes is 2. The van der Waals surface area contributed by atoms with Gasteiger partial charge in [0.05, 0.1) is 0 Å². The van der Waals surface area contributed by atoms with Crippen LogP contribution in [0.25, 0.3) is 0 Å². The summed E-state index contributed by atoms with van der Waals surface area (Å²) in [6, 6.07) is 20.2. The largest absolute Gasteiger partial charge is 0.453 e. The quantitative estimate of drug-likeness (QED) is 0.354. The molecule has 0 bridgehead atoms. The molecule has 134 valence electrons. The van der Waals surface area contributed by atoms with E-state index in [0.717, 1.165) is 0 Å². The molecule has 0 saturated carbocycles. The summed E-state index contributed by atoms with van der Waals surface area (Å²) in [5.41, 5.74) is 0.835. The van der Waals surface area contributed by atoms with Crippen molar-refractivity contribution in [3.63, 3.8) is 0 Å². The topological polar surface area (TPSA) is 52.6 Å². The van der Waals surface area contributed by atoms with Crippen LogP contribution in [0.3, 0.4) is 0 Å². The number of ether oxygens (including phenoxy) is 2. The van der Waals surface area contributed by atoms with Crippen LogP contribution >= 0.6 is 0 Å². The Hall–Kier alpha value is -4.28. The lowest BCUT2D eigenvalue weighted by molar-refractivity contribution is 0.104. The summed E-state index contributed by atoms with van der Waals surface area (Å²) in [4.78, 5) is 23.0. The number of carbonyl (C=O) groups excluding carboxylic acids is 2. The monoisotopic (exact) mass is 366 g/mol. The van der Waals surface area contributed by atoms with Crippen LogP contribution < -0.4 is 9.47 Å². The molecule has 0 fully saturated rings. The summed E-state index contributed by atoms with van der Waals surface area (Å²) in [6.45, 7) is 0. The van der Waals surface area contributed by atoms with Crippen molar-refractivity contribution in [2.24, 2.45) is 0 Å². The Morgan fingerprint density at radius 3 is 1.29 bits per heavy atom. The lowest BCUT2D eigenvalue weighted by Gasteiger charge is -2.12. The highest BCUT2D eigenvalue weighted by atomic mass is 16.5. The van der Waals surface area contributed by atoms with Gasteiger partial charge >= 0.3 is 0 Å². The summed E-state index contributed by atoms with van der Waals surface area (Å²) in [6.07, 6.45) is 10.2. The second kappa shape index (κ2) is 8.40. The van der Waals surface area contributed by atoms with Crippen LogP contribution in [0.1, 0.15) is 20.7 Å². The van der Waals surface area contributed by atoms with Gasteiger partial charge in [-0.05, 0) is 72.5 Å². The molecular weight excluding hydrogens is 352 g/mol. The van der Waals surface area contributed by atoms with Gasteiger partial charge in [0, 0.05) is 11.1 Å². The molecule has 3 rings (SSSR count). The minimum Gasteiger partial charge on any atom is -0.453 e. The molecule has 0 amide bonds. The van der Waals surface area contributed by atoms with E-state index < -0.39 is 0 Å². The van der Waals surface area contributed by atoms with Gasteiger partial charge in [0.1, 0.15) is 11.5 Å². The highest BCUT2D eigenvalue weighted by molar-refractivity contribution is 6.09. The highest BCUT2D eigenvalue weighted by Gasteiger charge is 2.09. The van der Waals surface area contributed by atoms with Crippen molar-refractivity contribution in [2.45, 2.75) is 0 Å². The Morgan fingerprint density at radius 2 is 0.964 bits per heavy atom. The molecule has 0 heterocycles. The van der Waals surface area contributed by atoms with Crippen LogP contribution in [0.15, 0.2) is 72.8 Å². The van der Waals surface area contributed by atoms with Crippen molar-refractivity contribution in [1.82, 2.24) is 0 Å². The van der Waals surface area contributed by atoms with Gasteiger partial charge in [0.25, 0.3) is 0 Å². The molecule has 28 heavy (non-hydrogen) atoms. The maximum Gasteiger partial charge on any atom is 0.235 e. The lowest BCUT2D eigenvalue weighted by atomic mass is 10.1. The van der Waals surface area contributed by atoms with Crippen molar-refractivity contribution in [1.29, 1.82) is 0 Å². The zero-order chi connectivity index (χ0) is 19.9. The van der Waals surface area contributed by atoms with Gasteiger partial charge in [-0.25, -0.2) is 0 Å². The molecule has 0 saturated heterocycles. The van der Waals surface area contributed by atoms with Crippen LogP contribution in [-0.2, 0) is 0 Å². The van der Waals surface area contributed by atoms with E-state index in [1.807, 2.05) is 12.1 Å². The first-order chi connectivity index (χ1) is 13.6. The van der Waals surface area contributed by atoms with Gasteiger partial charge in [-0.3, -0.25) is 9.59 Å². The molecule has 0 aliphatic rings. The first-order valence-electron chi connectivity index (χ1n) is 8.27. The fraction of sp³-hybridized carbons (Fsp3) is 0. The van der Waals surface area contributed by atoms with E-state index in [2.05, 4.69) is 11.8 Å². The predicted octanol–water partition coefficient (Wildman–Crippen LogP) is 4.90. The van der Waals surface area contributed by atoms with Crippen LogP contribution in [0, 0.1) is 24.7 Å². The second-order valence-electron chi connectivity index (χ2n) is 5.65. The second-order valence-corrected chi connectivity index (χ2v) is 5.65. The number of para-hydroxylation sites is 2. The third-order valence-corrected chi connectivity index (χ3v) is 3.80. The molecule has 0 unspecified atom stereocenters. The molecular formula is C24H14O4. The predicted molar refractivity (Wildman–Crippen MR) is 106 cm³/mol. The van der Waals surface area contributed by atoms with E-state index in [9.17, 15) is 9.59 Å². The number of hydrogen-bond acceptors (Lipinski definition) is 4. The smallest absolute Gasteiger partial charge is 0.235 e. The molecule has 0 aromatic heterocycles. The minimum atomic E-state index is -0.387. The van der Waals surface area contributed by atoms with Crippen LogP contribution in [-0.4, -0.2) is 11.6 Å². The number of carbonyl (C=O) groups is 2. The molecule has 4 nitrogen and oxygen atoms in total. The molecule has 0 N–H and O–H groups in total. The van der Waals surface area contributed by atoms with Gasteiger partial charge < -0.3 is 9.47 Å². The first-order valence-corrected chi connectivity index (χ1v) is 8.27. The number of ketones is 2. The zero-order valence-corrected chi connectivity index (χ0v) is 14.7. The summed E-state index contributed by atoms with van der Waals surface area (Å²) in [7, 11) is 0. The van der Waals surface area contributed by atoms with Gasteiger partial charge in [-0.2, -0.15) is 0 Å². The van der Waals surface area contributed by atoms with E-state index in [1.54, 1.807) is 60.7 Å². The van der Waals surface area contributed by atoms with Gasteiger partial charge in [0.15, 0.2) is 11.5 Å². The summed E-state index contributed by atoms with van der Waals surface area (Å²) < 4.78 is 11.7. The van der Waals surface area contributed by atoms with Gasteiger partial charge in [0.2, 0.25) is 11.6 Å². The maximum atomic E-state index is 11.5. The SMILES string of the molecule is C#CC(=O)c1ccc(Oc2ccccc2Oc2ccc(C(=O)C#C)cc2)cc1. The Balaban J connectivity index is 1.78. The fourth-order valence-electron chi connectivity index (χ4n) is 2.39. The number of rotatable bonds is 6. The molecule has 0 atom stereocenters. The summed E-state index contributed by atoms with van der Waals surface area (Å²) in [5.74, 6) is 5.40. The van der Waals surface area contributed by atoms with Crippen molar-refractivity contribution in [3.05, 3.63) is 83.9 Å². The third-order valence-electron chi connectivity index (χ3n) is 3.80. The van der Waals surface area contributed by atoms with Gasteiger partial charge in [-0.15, -0.1) is 12.8 Å². The van der Waals surface area contributed by atoms with Crippen LogP contribution in [0.4, 0.5) is 0 Å². The molecule has 4 heteroatoms. The summed E-state index contributed by atoms with van der Waals surface area (Å²) >= 11 is 0. The Labute approximate surface area is 162 Å². The van der Waals surface area contributed by atoms with E-state index in [-0.39, 0.29) is 11.6 Å². The Morgan fingerprint density at radius 1 is 0.607 bits per heavy atom. The van der Waals surface area contributed by atoms with E-state index in [4.69, 9.17) is 22.3 Å². The Kier molecular flexibility index (Phi) is 5.55. The van der Waals surface area contributed by atoms with Crippen molar-refractivity contribution in [2.75, 3.05) is 0 Å². The average molecular weight is 366 g/mol. The van der Waals surface area contributed by atoms with Crippen molar-refractivity contribution >= 4 is 11.6 Å². The molecule has 0 spiro atoms. The fourth-order valence-corrected chi connectivity index (χ4v) is 2.39. The molecule has 0 radical (unpaired) electrons. The highest BCUT2D eigenvalue weighted by Crippen LogP contribution is 2.34. The van der Waals surface area contributed by atoms with Gasteiger partial charge in [-0.1, -0.05) is 12.1 Å². The molecule has 3 aromatic rings. The van der Waals surface area contributed by atoms with E-state index in [1.165, 1.54) is 0 Å². The van der Waals surface area contributed by atoms with Crippen molar-refractivity contribution < 1.29 is 19.1 Å². The van der Waals surface area contributed by atoms with Crippen LogP contribution in [0.5, 0.6) is 23.0 Å². The van der Waals surface area contributed by atoms with E-state index >= 15 is 0 Å². The first kappa shape index (κ1) is 18.5. The third kappa shape index (κ3) is 4.27. The zero-order valence-electron chi connectivity index (χ0n) is 14.7. The normalized spacial score (nSPS) is 9.64. The number of hydrogen-bond donors (Lipinski definition) is 0. The molecule has 0 aliphatic heterocycles. The molecule has 0 aliphatic carbocycles. The Bertz CT molecular complexity index is 1000.